The zero-order valence-electron chi connectivity index (χ0n) is 20.0. The molecule has 0 N–H and O–H groups in total. The first-order valence-electron chi connectivity index (χ1n) is 9.92. The van der Waals surface area contributed by atoms with Crippen LogP contribution in [0.15, 0.2) is 51.0 Å². The van der Waals surface area contributed by atoms with Gasteiger partial charge in [0, 0.05) is 27.7 Å². The monoisotopic (exact) mass is 742 g/mol. The van der Waals surface area contributed by atoms with Gasteiger partial charge >= 0.3 is 62.1 Å². The van der Waals surface area contributed by atoms with Crippen LogP contribution >= 0.6 is 76.2 Å². The van der Waals surface area contributed by atoms with Crippen LogP contribution in [0.3, 0.4) is 0 Å². The van der Waals surface area contributed by atoms with E-state index in [0.717, 1.165) is 11.0 Å². The number of halogens is 8. The van der Waals surface area contributed by atoms with E-state index in [4.69, 9.17) is 76.2 Å². The Morgan fingerprint density at radius 3 is 1.56 bits per heavy atom. The predicted molar refractivity (Wildman–Crippen MR) is 151 cm³/mol. The normalized spacial score (nSPS) is 16.5. The quantitative estimate of drug-likeness (QED) is 0.0930. The SMILES string of the molecule is CC(C)(Cl)/N=N/C(C)(C)n1c[n+](C(C)(C)/N=N/C(C)(C)Cl)c2ccccc21.[Cl][Sb-]([Cl])([Cl])([Cl])([Cl])[Cl]. The van der Waals surface area contributed by atoms with E-state index in [1.165, 1.54) is 0 Å². The number of benzene rings is 1. The van der Waals surface area contributed by atoms with Gasteiger partial charge < -0.3 is 0 Å². The molecule has 1 aromatic carbocycles. The first-order chi connectivity index (χ1) is 14.6. The van der Waals surface area contributed by atoms with Crippen LogP contribution in [-0.2, 0) is 11.3 Å². The average Bonchev–Trinajstić information content (AvgIpc) is 2.96. The van der Waals surface area contributed by atoms with Gasteiger partial charge in [-0.05, 0) is 39.8 Å². The van der Waals surface area contributed by atoms with Crippen LogP contribution in [0.1, 0.15) is 55.4 Å². The van der Waals surface area contributed by atoms with E-state index in [1.54, 1.807) is 27.7 Å². The first kappa shape index (κ1) is 33.1. The molecule has 0 fully saturated rings. The van der Waals surface area contributed by atoms with Gasteiger partial charge in [-0.2, -0.15) is 10.2 Å². The van der Waals surface area contributed by atoms with Crippen LogP contribution in [0, 0.1) is 0 Å². The number of aromatic nitrogens is 2. The van der Waals surface area contributed by atoms with Crippen LogP contribution in [0.25, 0.3) is 11.0 Å². The summed E-state index contributed by atoms with van der Waals surface area (Å²) in [6.45, 7) is 15.2. The zero-order chi connectivity index (χ0) is 27.1. The number of hydrogen-bond acceptors (Lipinski definition) is 4. The molecule has 1 aromatic heterocycles. The van der Waals surface area contributed by atoms with E-state index in [2.05, 4.69) is 29.6 Å². The van der Waals surface area contributed by atoms with Crippen molar-refractivity contribution in [3.63, 3.8) is 0 Å². The van der Waals surface area contributed by atoms with Crippen molar-refractivity contribution >= 4 is 96.4 Å². The van der Waals surface area contributed by atoms with Crippen molar-refractivity contribution in [3.8, 4) is 0 Å². The molecule has 0 bridgehead atoms. The topological polar surface area (TPSA) is 58.2 Å². The summed E-state index contributed by atoms with van der Waals surface area (Å²) in [5.74, 6) is 0. The summed E-state index contributed by atoms with van der Waals surface area (Å²) >= 11 is 12.4. The van der Waals surface area contributed by atoms with Crippen LogP contribution in [-0.4, -0.2) is 23.7 Å². The molecule has 0 unspecified atom stereocenters. The molecule has 0 aliphatic carbocycles. The number of hydrogen-bond donors (Lipinski definition) is 0. The van der Waals surface area contributed by atoms with Gasteiger partial charge in [-0.15, -0.1) is 10.2 Å². The van der Waals surface area contributed by atoms with Gasteiger partial charge in [0.1, 0.15) is 10.00 Å². The number of rotatable bonds is 6. The molecule has 0 radical (unpaired) electrons. The van der Waals surface area contributed by atoms with Crippen LogP contribution in [0.4, 0.5) is 0 Å². The summed E-state index contributed by atoms with van der Waals surface area (Å²) in [7, 11) is 25.0. The van der Waals surface area contributed by atoms with E-state index in [0.29, 0.717) is 0 Å². The van der Waals surface area contributed by atoms with E-state index < -0.39 is 30.5 Å². The summed E-state index contributed by atoms with van der Waals surface area (Å²) < 4.78 is 4.13. The molecular formula is C19H29Cl8N6Sb. The van der Waals surface area contributed by atoms with Crippen molar-refractivity contribution in [2.45, 2.75) is 76.7 Å². The summed E-state index contributed by atoms with van der Waals surface area (Å²) in [6.07, 6.45) is 1.99. The van der Waals surface area contributed by atoms with Gasteiger partial charge in [-0.25, -0.2) is 9.13 Å². The van der Waals surface area contributed by atoms with Gasteiger partial charge in [0.05, 0.1) is 0 Å². The molecule has 6 nitrogen and oxygen atoms in total. The summed E-state index contributed by atoms with van der Waals surface area (Å²) in [5.41, 5.74) is 0.774. The van der Waals surface area contributed by atoms with Crippen molar-refractivity contribution in [2.75, 3.05) is 0 Å². The molecule has 0 atom stereocenters. The fourth-order valence-corrected chi connectivity index (χ4v) is 2.64. The first-order valence-corrected chi connectivity index (χ1v) is 30.1. The van der Waals surface area contributed by atoms with Crippen LogP contribution < -0.4 is 4.57 Å². The number of fused-ring (bicyclic) bond motifs is 1. The number of azo groups is 2. The van der Waals surface area contributed by atoms with E-state index in [-0.39, 0.29) is 0 Å². The third-order valence-corrected chi connectivity index (χ3v) is 4.03. The van der Waals surface area contributed by atoms with Crippen molar-refractivity contribution in [1.82, 2.24) is 4.57 Å². The van der Waals surface area contributed by atoms with Crippen molar-refractivity contribution < 1.29 is 4.57 Å². The van der Waals surface area contributed by atoms with Gasteiger partial charge in [0.25, 0.3) is 0 Å². The second-order valence-electron chi connectivity index (χ2n) is 9.51. The Labute approximate surface area is 231 Å². The fourth-order valence-electron chi connectivity index (χ4n) is 2.56. The molecule has 0 saturated carbocycles. The number of nitrogens with zero attached hydrogens (tertiary/aromatic N) is 6. The van der Waals surface area contributed by atoms with E-state index in [1.807, 2.05) is 58.3 Å². The van der Waals surface area contributed by atoms with E-state index in [9.17, 15) is 0 Å². The Balaban J connectivity index is 0.000000718. The molecule has 2 aromatic rings. The second-order valence-corrected chi connectivity index (χ2v) is 68.3. The zero-order valence-corrected chi connectivity index (χ0v) is 28.6. The summed E-state index contributed by atoms with van der Waals surface area (Å²) in [4.78, 5) is -1.51. The molecule has 0 aliphatic rings. The van der Waals surface area contributed by atoms with Crippen molar-refractivity contribution in [1.29, 1.82) is 0 Å². The molecule has 2 rings (SSSR count). The predicted octanol–water partition coefficient (Wildman–Crippen LogP) is 9.92. The molecule has 15 heteroatoms. The van der Waals surface area contributed by atoms with Crippen molar-refractivity contribution in [2.24, 2.45) is 20.5 Å². The molecule has 34 heavy (non-hydrogen) atoms. The Morgan fingerprint density at radius 2 is 1.12 bits per heavy atom. The molecular weight excluding hydrogens is 718 g/mol. The van der Waals surface area contributed by atoms with E-state index >= 15 is 0 Å². The Kier molecular flexibility index (Phi) is 9.69. The third kappa shape index (κ3) is 13.5. The molecule has 0 aliphatic heterocycles. The third-order valence-electron chi connectivity index (χ3n) is 3.88. The molecule has 196 valence electrons. The molecule has 0 spiro atoms. The van der Waals surface area contributed by atoms with Gasteiger partial charge in [-0.3, -0.25) is 0 Å². The molecule has 0 saturated heterocycles. The Hall–Kier alpha value is 1.03. The van der Waals surface area contributed by atoms with Crippen LogP contribution in [0.2, 0.25) is 0 Å². The van der Waals surface area contributed by atoms with Crippen LogP contribution in [0.5, 0.6) is 0 Å². The van der Waals surface area contributed by atoms with Crippen molar-refractivity contribution in [3.05, 3.63) is 30.6 Å². The Morgan fingerprint density at radius 1 is 0.706 bits per heavy atom. The second kappa shape index (κ2) is 9.97. The van der Waals surface area contributed by atoms with Gasteiger partial charge in [-0.1, -0.05) is 35.3 Å². The van der Waals surface area contributed by atoms with Gasteiger partial charge in [0.15, 0.2) is 11.0 Å². The average molecular weight is 747 g/mol. The maximum atomic E-state index is 6.19. The Bertz CT molecular complexity index is 994. The molecule has 1 heterocycles. The minimum atomic E-state index is -5.42. The summed E-state index contributed by atoms with van der Waals surface area (Å²) in [6, 6.07) is 8.10. The number of para-hydroxylation sites is 2. The summed E-state index contributed by atoms with van der Waals surface area (Å²) in [5, 5.41) is 17.5. The number of imidazole rings is 1. The van der Waals surface area contributed by atoms with Gasteiger partial charge in [0.2, 0.25) is 17.7 Å². The fraction of sp³-hybridized carbons (Fsp3) is 0.632. The minimum absolute atomic E-state index is 0.629. The molecule has 0 amide bonds. The number of alkyl halides is 2. The maximum absolute atomic E-state index is 6.19. The standard InChI is InChI=1S/C19H29Cl2N6.6ClH.Sb/c1-16(2,20)22-24-18(5,6)26-13-27(15-12-10-9-11-14(15)26)19(7,8)25-23-17(3,4)21;;;;;;;/h9-13H,1-8H3;6*1H;/q+1;;;;;;;+5/p-6/b24-22+,25-23+;;;;;;;.